The van der Waals surface area contributed by atoms with Crippen LogP contribution in [0.15, 0.2) is 18.2 Å². The number of aryl methyl sites for hydroxylation is 1. The molecular formula is C15H19Cl2N3O. The van der Waals surface area contributed by atoms with Gasteiger partial charge in [0.05, 0.1) is 16.4 Å². The highest BCUT2D eigenvalue weighted by molar-refractivity contribution is 6.35. The van der Waals surface area contributed by atoms with Gasteiger partial charge >= 0.3 is 0 Å². The first-order valence-electron chi connectivity index (χ1n) is 7.05. The Morgan fingerprint density at radius 2 is 2.24 bits per heavy atom. The van der Waals surface area contributed by atoms with Crippen molar-refractivity contribution >= 4 is 40.1 Å². The highest BCUT2D eigenvalue weighted by Crippen LogP contribution is 2.24. The van der Waals surface area contributed by atoms with E-state index in [2.05, 4.69) is 10.3 Å². The molecule has 4 nitrogen and oxygen atoms in total. The zero-order valence-electron chi connectivity index (χ0n) is 12.2. The average Bonchev–Trinajstić information content (AvgIpc) is 2.84. The summed E-state index contributed by atoms with van der Waals surface area (Å²) in [6.07, 6.45) is 1.31. The van der Waals surface area contributed by atoms with Gasteiger partial charge in [0.1, 0.15) is 11.3 Å². The summed E-state index contributed by atoms with van der Waals surface area (Å²) in [5.74, 6) is 1.06. The summed E-state index contributed by atoms with van der Waals surface area (Å²) in [5, 5.41) is 3.56. The molecule has 1 atom stereocenters. The van der Waals surface area contributed by atoms with E-state index in [9.17, 15) is 4.79 Å². The van der Waals surface area contributed by atoms with Crippen molar-refractivity contribution in [1.29, 1.82) is 0 Å². The minimum absolute atomic E-state index is 0.0359. The van der Waals surface area contributed by atoms with Gasteiger partial charge in [0.2, 0.25) is 5.91 Å². The van der Waals surface area contributed by atoms with Crippen LogP contribution >= 0.6 is 23.2 Å². The van der Waals surface area contributed by atoms with Crippen LogP contribution in [0.5, 0.6) is 0 Å². The second-order valence-electron chi connectivity index (χ2n) is 5.05. The van der Waals surface area contributed by atoms with E-state index in [0.717, 1.165) is 23.3 Å². The number of para-hydroxylation sites is 1. The third kappa shape index (κ3) is 3.69. The van der Waals surface area contributed by atoms with Crippen molar-refractivity contribution in [1.82, 2.24) is 14.9 Å². The zero-order valence-corrected chi connectivity index (χ0v) is 13.7. The molecule has 2 rings (SSSR count). The lowest BCUT2D eigenvalue weighted by atomic mass is 10.2. The fourth-order valence-electron chi connectivity index (χ4n) is 2.17. The van der Waals surface area contributed by atoms with Crippen LogP contribution in [-0.2, 0) is 17.2 Å². The number of nitrogens with zero attached hydrogens (tertiary/aromatic N) is 2. The summed E-state index contributed by atoms with van der Waals surface area (Å²) >= 11 is 12.1. The molecule has 1 heterocycles. The molecule has 0 saturated heterocycles. The van der Waals surface area contributed by atoms with Crippen molar-refractivity contribution in [3.05, 3.63) is 29.0 Å². The molecule has 0 aliphatic rings. The minimum atomic E-state index is 0.0359. The molecule has 6 heteroatoms. The van der Waals surface area contributed by atoms with Gasteiger partial charge in [-0.1, -0.05) is 24.6 Å². The molecule has 0 aliphatic carbocycles. The van der Waals surface area contributed by atoms with Crippen LogP contribution in [0.3, 0.4) is 0 Å². The molecule has 1 unspecified atom stereocenters. The molecule has 0 bridgehead atoms. The van der Waals surface area contributed by atoms with E-state index in [1.165, 1.54) is 0 Å². The molecule has 1 aromatic heterocycles. The summed E-state index contributed by atoms with van der Waals surface area (Å²) in [4.78, 5) is 16.4. The first-order valence-corrected chi connectivity index (χ1v) is 7.97. The van der Waals surface area contributed by atoms with Gasteiger partial charge in [-0.2, -0.15) is 0 Å². The quantitative estimate of drug-likeness (QED) is 0.821. The minimum Gasteiger partial charge on any atom is -0.354 e. The van der Waals surface area contributed by atoms with Gasteiger partial charge in [0, 0.05) is 19.0 Å². The SMILES string of the molecule is CCC(C)NC(=O)CCn1c(CCl)nc2c(Cl)cccc21. The van der Waals surface area contributed by atoms with E-state index in [1.807, 2.05) is 30.5 Å². The van der Waals surface area contributed by atoms with E-state index in [1.54, 1.807) is 6.07 Å². The van der Waals surface area contributed by atoms with Crippen LogP contribution in [-0.4, -0.2) is 21.5 Å². The van der Waals surface area contributed by atoms with Crippen molar-refractivity contribution in [2.75, 3.05) is 0 Å². The van der Waals surface area contributed by atoms with E-state index in [0.29, 0.717) is 18.0 Å². The van der Waals surface area contributed by atoms with Crippen LogP contribution in [0.4, 0.5) is 0 Å². The average molecular weight is 328 g/mol. The summed E-state index contributed by atoms with van der Waals surface area (Å²) < 4.78 is 1.96. The number of carbonyl (C=O) groups excluding carboxylic acids is 1. The molecule has 1 N–H and O–H groups in total. The highest BCUT2D eigenvalue weighted by Gasteiger charge is 2.13. The molecule has 0 saturated carbocycles. The molecular weight excluding hydrogens is 309 g/mol. The number of imidazole rings is 1. The number of fused-ring (bicyclic) bond motifs is 1. The predicted molar refractivity (Wildman–Crippen MR) is 86.8 cm³/mol. The number of carbonyl (C=O) groups is 1. The lowest BCUT2D eigenvalue weighted by Gasteiger charge is -2.12. The maximum absolute atomic E-state index is 11.9. The Morgan fingerprint density at radius 1 is 1.48 bits per heavy atom. The Balaban J connectivity index is 2.18. The number of halogens is 2. The predicted octanol–water partition coefficient (Wildman–Crippen LogP) is 3.73. The van der Waals surface area contributed by atoms with Gasteiger partial charge in [-0.05, 0) is 25.5 Å². The second kappa shape index (κ2) is 7.14. The fourth-order valence-corrected chi connectivity index (χ4v) is 2.59. The lowest BCUT2D eigenvalue weighted by molar-refractivity contribution is -0.121. The first kappa shape index (κ1) is 16.1. The number of nitrogens with one attached hydrogen (secondary N) is 1. The van der Waals surface area contributed by atoms with Crippen molar-refractivity contribution < 1.29 is 4.79 Å². The Labute approximate surface area is 134 Å². The van der Waals surface area contributed by atoms with Crippen LogP contribution < -0.4 is 5.32 Å². The largest absolute Gasteiger partial charge is 0.354 e. The van der Waals surface area contributed by atoms with Crippen molar-refractivity contribution in [3.63, 3.8) is 0 Å². The van der Waals surface area contributed by atoms with Crippen LogP contribution in [0, 0.1) is 0 Å². The molecule has 114 valence electrons. The van der Waals surface area contributed by atoms with E-state index in [4.69, 9.17) is 23.2 Å². The Bertz CT molecular complexity index is 639. The third-order valence-corrected chi connectivity index (χ3v) is 4.05. The number of rotatable bonds is 6. The molecule has 21 heavy (non-hydrogen) atoms. The Hall–Kier alpha value is -1.26. The summed E-state index contributed by atoms with van der Waals surface area (Å²) in [5.41, 5.74) is 1.65. The molecule has 2 aromatic rings. The van der Waals surface area contributed by atoms with Crippen LogP contribution in [0.25, 0.3) is 11.0 Å². The van der Waals surface area contributed by atoms with E-state index >= 15 is 0 Å². The summed E-state index contributed by atoms with van der Waals surface area (Å²) in [7, 11) is 0. The van der Waals surface area contributed by atoms with Gasteiger partial charge in [0.25, 0.3) is 0 Å². The molecule has 0 spiro atoms. The first-order chi connectivity index (χ1) is 10.1. The van der Waals surface area contributed by atoms with Gasteiger partial charge < -0.3 is 9.88 Å². The number of hydrogen-bond acceptors (Lipinski definition) is 2. The molecule has 1 aromatic carbocycles. The van der Waals surface area contributed by atoms with Gasteiger partial charge in [-0.3, -0.25) is 4.79 Å². The van der Waals surface area contributed by atoms with Crippen LogP contribution in [0.1, 0.15) is 32.5 Å². The highest BCUT2D eigenvalue weighted by atomic mass is 35.5. The number of hydrogen-bond donors (Lipinski definition) is 1. The van der Waals surface area contributed by atoms with Gasteiger partial charge in [-0.15, -0.1) is 11.6 Å². The second-order valence-corrected chi connectivity index (χ2v) is 5.72. The Kier molecular flexibility index (Phi) is 5.48. The lowest BCUT2D eigenvalue weighted by Crippen LogP contribution is -2.32. The number of benzene rings is 1. The smallest absolute Gasteiger partial charge is 0.221 e. The summed E-state index contributed by atoms with van der Waals surface area (Å²) in [6.45, 7) is 4.58. The number of aromatic nitrogens is 2. The standard InChI is InChI=1S/C15H19Cl2N3O/c1-3-10(2)18-14(21)7-8-20-12-6-4-5-11(17)15(12)19-13(20)9-16/h4-6,10H,3,7-9H2,1-2H3,(H,18,21). The van der Waals surface area contributed by atoms with Crippen LogP contribution in [0.2, 0.25) is 5.02 Å². The van der Waals surface area contributed by atoms with Crippen molar-refractivity contribution in [2.24, 2.45) is 0 Å². The molecule has 1 amide bonds. The van der Waals surface area contributed by atoms with Gasteiger partial charge in [-0.25, -0.2) is 4.98 Å². The van der Waals surface area contributed by atoms with Crippen molar-refractivity contribution in [2.45, 2.75) is 45.2 Å². The van der Waals surface area contributed by atoms with E-state index in [-0.39, 0.29) is 17.8 Å². The zero-order chi connectivity index (χ0) is 15.4. The molecule has 0 radical (unpaired) electrons. The maximum atomic E-state index is 11.9. The summed E-state index contributed by atoms with van der Waals surface area (Å²) in [6, 6.07) is 5.81. The van der Waals surface area contributed by atoms with Gasteiger partial charge in [0.15, 0.2) is 0 Å². The molecule has 0 fully saturated rings. The number of alkyl halides is 1. The Morgan fingerprint density at radius 3 is 2.90 bits per heavy atom. The fraction of sp³-hybridized carbons (Fsp3) is 0.467. The third-order valence-electron chi connectivity index (χ3n) is 3.51. The number of amides is 1. The topological polar surface area (TPSA) is 46.9 Å². The molecule has 0 aliphatic heterocycles. The normalized spacial score (nSPS) is 12.6. The maximum Gasteiger partial charge on any atom is 0.221 e. The van der Waals surface area contributed by atoms with E-state index < -0.39 is 0 Å². The monoisotopic (exact) mass is 327 g/mol. The van der Waals surface area contributed by atoms with Crippen molar-refractivity contribution in [3.8, 4) is 0 Å².